The van der Waals surface area contributed by atoms with Crippen LogP contribution >= 0.6 is 0 Å². The molecule has 0 radical (unpaired) electrons. The Hall–Kier alpha value is -4.67. The highest BCUT2D eigenvalue weighted by atomic mass is 32.2. The highest BCUT2D eigenvalue weighted by Gasteiger charge is 2.30. The Labute approximate surface area is 229 Å². The summed E-state index contributed by atoms with van der Waals surface area (Å²) in [6.07, 6.45) is 2.75. The van der Waals surface area contributed by atoms with Crippen LogP contribution in [0.4, 0.5) is 11.4 Å². The molecule has 1 amide bonds. The predicted molar refractivity (Wildman–Crippen MR) is 151 cm³/mol. The highest BCUT2D eigenvalue weighted by Crippen LogP contribution is 2.32. The average molecular weight is 542 g/mol. The summed E-state index contributed by atoms with van der Waals surface area (Å²) in [5, 5.41) is 25.4. The summed E-state index contributed by atoms with van der Waals surface area (Å²) < 4.78 is 13.3. The first kappa shape index (κ1) is 27.4. The summed E-state index contributed by atoms with van der Waals surface area (Å²) >= 11 is -1.69. The maximum Gasteiger partial charge on any atom is 0.308 e. The molecule has 9 nitrogen and oxygen atoms in total. The van der Waals surface area contributed by atoms with E-state index in [9.17, 15) is 19.2 Å². The number of amides is 1. The Morgan fingerprint density at radius 2 is 1.69 bits per heavy atom. The molecule has 0 bridgehead atoms. The largest absolute Gasteiger partial charge is 0.611 e. The van der Waals surface area contributed by atoms with Gasteiger partial charge in [0.05, 0.1) is 6.42 Å². The number of rotatable bonds is 10. The quantitative estimate of drug-likeness (QED) is 0.110. The molecule has 0 aliphatic heterocycles. The van der Waals surface area contributed by atoms with E-state index in [0.29, 0.717) is 33.9 Å². The minimum atomic E-state index is -1.69. The second-order valence-corrected chi connectivity index (χ2v) is 10.2. The van der Waals surface area contributed by atoms with E-state index in [1.54, 1.807) is 66.9 Å². The number of nitrogens with one attached hydrogen (secondary N) is 4. The predicted octanol–water partition coefficient (Wildman–Crippen LogP) is 4.79. The zero-order chi connectivity index (χ0) is 27.6. The number of carboxylic acids is 1. The van der Waals surface area contributed by atoms with Crippen LogP contribution in [0.3, 0.4) is 0 Å². The van der Waals surface area contributed by atoms with Gasteiger partial charge in [0.25, 0.3) is 5.91 Å². The summed E-state index contributed by atoms with van der Waals surface area (Å²) in [7, 11) is 0. The van der Waals surface area contributed by atoms with E-state index >= 15 is 0 Å². The van der Waals surface area contributed by atoms with Crippen LogP contribution in [-0.4, -0.2) is 32.5 Å². The molecule has 4 aromatic rings. The van der Waals surface area contributed by atoms with Gasteiger partial charge in [-0.15, -0.1) is 0 Å². The fourth-order valence-electron chi connectivity index (χ4n) is 3.79. The third-order valence-corrected chi connectivity index (χ3v) is 7.40. The van der Waals surface area contributed by atoms with Crippen molar-refractivity contribution in [3.05, 3.63) is 120 Å². The number of benzene rings is 3. The van der Waals surface area contributed by atoms with Gasteiger partial charge in [-0.1, -0.05) is 42.5 Å². The third-order valence-electron chi connectivity index (χ3n) is 5.73. The number of carbonyl (C=O) groups excluding carboxylic acids is 1. The van der Waals surface area contributed by atoms with Gasteiger partial charge in [0.15, 0.2) is 16.1 Å². The van der Waals surface area contributed by atoms with Gasteiger partial charge in [0, 0.05) is 47.5 Å². The molecule has 0 fully saturated rings. The van der Waals surface area contributed by atoms with E-state index in [2.05, 4.69) is 20.9 Å². The fourth-order valence-corrected chi connectivity index (χ4v) is 5.25. The van der Waals surface area contributed by atoms with Gasteiger partial charge in [-0.2, -0.15) is 0 Å². The normalized spacial score (nSPS) is 12.1. The molecular weight excluding hydrogens is 514 g/mol. The van der Waals surface area contributed by atoms with Crippen molar-refractivity contribution in [3.8, 4) is 0 Å². The molecule has 5 N–H and O–H groups in total. The average Bonchev–Trinajstić information content (AvgIpc) is 2.96. The zero-order valence-corrected chi connectivity index (χ0v) is 21.7. The number of anilines is 2. The number of hydrogen-bond donors (Lipinski definition) is 5. The molecule has 1 heterocycles. The molecule has 0 saturated carbocycles. The van der Waals surface area contributed by atoms with Crippen LogP contribution in [0.1, 0.15) is 33.2 Å². The van der Waals surface area contributed by atoms with Crippen molar-refractivity contribution in [2.24, 2.45) is 0 Å². The molecule has 10 heteroatoms. The Morgan fingerprint density at radius 3 is 2.38 bits per heavy atom. The fraction of sp³-hybridized carbons (Fsp3) is 0.103. The lowest BCUT2D eigenvalue weighted by Gasteiger charge is -2.20. The summed E-state index contributed by atoms with van der Waals surface area (Å²) in [6, 6.07) is 26.3. The maximum absolute atomic E-state index is 13.3. The number of nitrogens with zero attached hydrogens (tertiary/aromatic N) is 1. The molecule has 0 saturated heterocycles. The molecule has 0 aliphatic rings. The van der Waals surface area contributed by atoms with Gasteiger partial charge in [-0.3, -0.25) is 20.0 Å². The maximum atomic E-state index is 13.3. The zero-order valence-electron chi connectivity index (χ0n) is 20.8. The summed E-state index contributed by atoms with van der Waals surface area (Å²) in [6.45, 7) is 0.510. The lowest BCUT2D eigenvalue weighted by atomic mass is 10.1. The molecule has 4 rings (SSSR count). The van der Waals surface area contributed by atoms with E-state index in [4.69, 9.17) is 5.41 Å². The van der Waals surface area contributed by atoms with E-state index < -0.39 is 22.4 Å². The van der Waals surface area contributed by atoms with Gasteiger partial charge >= 0.3 is 5.97 Å². The van der Waals surface area contributed by atoms with Crippen molar-refractivity contribution in [3.63, 3.8) is 0 Å². The van der Waals surface area contributed by atoms with Gasteiger partial charge in [0.2, 0.25) is 0 Å². The van der Waals surface area contributed by atoms with Crippen LogP contribution in [-0.2, 0) is 22.5 Å². The second-order valence-electron chi connectivity index (χ2n) is 8.57. The van der Waals surface area contributed by atoms with Crippen LogP contribution < -0.4 is 16.0 Å². The lowest BCUT2D eigenvalue weighted by molar-refractivity contribution is -0.137. The number of carboxylic acid groups (broad SMARTS) is 1. The topological polar surface area (TPSA) is 150 Å². The van der Waals surface area contributed by atoms with Crippen molar-refractivity contribution in [2.75, 3.05) is 10.6 Å². The molecular formula is C29H27N5O4S. The van der Waals surface area contributed by atoms with Crippen molar-refractivity contribution < 1.29 is 19.2 Å². The van der Waals surface area contributed by atoms with E-state index in [-0.39, 0.29) is 18.3 Å². The van der Waals surface area contributed by atoms with Crippen LogP contribution in [0.2, 0.25) is 0 Å². The van der Waals surface area contributed by atoms with Crippen molar-refractivity contribution >= 4 is 40.4 Å². The Balaban J connectivity index is 1.37. The van der Waals surface area contributed by atoms with E-state index in [0.717, 1.165) is 5.56 Å². The molecule has 1 aromatic heterocycles. The highest BCUT2D eigenvalue weighted by molar-refractivity contribution is 7.91. The minimum Gasteiger partial charge on any atom is -0.611 e. The van der Waals surface area contributed by atoms with Gasteiger partial charge < -0.3 is 25.6 Å². The van der Waals surface area contributed by atoms with Gasteiger partial charge in [0.1, 0.15) is 0 Å². The molecule has 2 unspecified atom stereocenters. The van der Waals surface area contributed by atoms with Gasteiger partial charge in [-0.05, 0) is 59.2 Å². The number of carbonyl (C=O) groups is 2. The summed E-state index contributed by atoms with van der Waals surface area (Å²) in [5.74, 6) is -1.30. The van der Waals surface area contributed by atoms with E-state index in [1.807, 2.05) is 30.3 Å². The van der Waals surface area contributed by atoms with Crippen molar-refractivity contribution in [2.45, 2.75) is 23.1 Å². The number of pyridine rings is 1. The molecule has 3 aromatic carbocycles. The first-order valence-electron chi connectivity index (χ1n) is 12.1. The van der Waals surface area contributed by atoms with Crippen molar-refractivity contribution in [1.82, 2.24) is 10.3 Å². The van der Waals surface area contributed by atoms with Crippen LogP contribution in [0.25, 0.3) is 0 Å². The SMILES string of the molecule is N=C(NCc1ccccc1)Nc1ccc(C(=O)Nc2cccc([S+]([O-])C(CC(=O)O)c3cccnc3)c2)cc1. The molecule has 198 valence electrons. The lowest BCUT2D eigenvalue weighted by Crippen LogP contribution is -2.29. The summed E-state index contributed by atoms with van der Waals surface area (Å²) in [4.78, 5) is 28.7. The molecule has 39 heavy (non-hydrogen) atoms. The number of hydrogen-bond acceptors (Lipinski definition) is 5. The third kappa shape index (κ3) is 7.91. The molecule has 0 aliphatic carbocycles. The number of aliphatic carboxylic acids is 1. The first-order chi connectivity index (χ1) is 18.9. The number of aromatic nitrogens is 1. The summed E-state index contributed by atoms with van der Waals surface area (Å²) in [5.41, 5.74) is 3.09. The van der Waals surface area contributed by atoms with Crippen LogP contribution in [0.15, 0.2) is 108 Å². The Kier molecular flexibility index (Phi) is 9.28. The Morgan fingerprint density at radius 1 is 0.923 bits per heavy atom. The second kappa shape index (κ2) is 13.2. The molecule has 2 atom stereocenters. The monoisotopic (exact) mass is 541 g/mol. The van der Waals surface area contributed by atoms with E-state index in [1.165, 1.54) is 6.20 Å². The smallest absolute Gasteiger partial charge is 0.308 e. The number of guanidine groups is 1. The van der Waals surface area contributed by atoms with Crippen LogP contribution in [0, 0.1) is 5.41 Å². The minimum absolute atomic E-state index is 0.133. The first-order valence-corrected chi connectivity index (χ1v) is 13.3. The van der Waals surface area contributed by atoms with Crippen molar-refractivity contribution in [1.29, 1.82) is 5.41 Å². The molecule has 0 spiro atoms. The van der Waals surface area contributed by atoms with Crippen LogP contribution in [0.5, 0.6) is 0 Å². The standard InChI is InChI=1S/C29H27N5O4S/c30-29(32-18-20-6-2-1-3-7-20)34-23-13-11-21(12-14-23)28(37)33-24-9-4-10-25(16-24)39(38)26(17-27(35)36)22-8-5-15-31-19-22/h1-16,19,26H,17-18H2,(H,33,37)(H,35,36)(H3,30,32,34). The van der Waals surface area contributed by atoms with Gasteiger partial charge in [-0.25, -0.2) is 0 Å². The Bertz CT molecular complexity index is 1420.